The second-order valence-electron chi connectivity index (χ2n) is 7.24. The molecule has 0 aromatic heterocycles. The molecule has 0 saturated carbocycles. The molecule has 0 fully saturated rings. The molecule has 1 aliphatic rings. The van der Waals surface area contributed by atoms with Crippen molar-refractivity contribution in [2.24, 2.45) is 0 Å². The van der Waals surface area contributed by atoms with Crippen molar-refractivity contribution in [1.29, 1.82) is 0 Å². The van der Waals surface area contributed by atoms with E-state index in [1.54, 1.807) is 11.8 Å². The standard InChI is InChI=1S/C23H27N3O2S/c1-25(16-22(27)24-20-10-6-7-11-21(20)29-2)17-23(28)26-14-12-19(13-15-26)18-8-4-3-5-9-18/h3-12H,13-17H2,1-2H3,(H,24,27)/p+1. The lowest BCUT2D eigenvalue weighted by Gasteiger charge is -2.27. The van der Waals surface area contributed by atoms with Gasteiger partial charge in [-0.2, -0.15) is 0 Å². The van der Waals surface area contributed by atoms with Crippen LogP contribution in [-0.4, -0.2) is 56.2 Å². The van der Waals surface area contributed by atoms with Gasteiger partial charge in [0.15, 0.2) is 13.1 Å². The van der Waals surface area contributed by atoms with E-state index < -0.39 is 0 Å². The van der Waals surface area contributed by atoms with E-state index >= 15 is 0 Å². The Morgan fingerprint density at radius 3 is 2.48 bits per heavy atom. The summed E-state index contributed by atoms with van der Waals surface area (Å²) < 4.78 is 0. The summed E-state index contributed by atoms with van der Waals surface area (Å²) in [7, 11) is 1.88. The lowest BCUT2D eigenvalue weighted by molar-refractivity contribution is -0.862. The number of para-hydroxylation sites is 1. The summed E-state index contributed by atoms with van der Waals surface area (Å²) in [6.45, 7) is 1.92. The maximum Gasteiger partial charge on any atom is 0.279 e. The summed E-state index contributed by atoms with van der Waals surface area (Å²) in [6.07, 6.45) is 4.98. The molecule has 1 unspecified atom stereocenters. The zero-order valence-corrected chi connectivity index (χ0v) is 17.8. The van der Waals surface area contributed by atoms with Crippen molar-refractivity contribution in [3.05, 3.63) is 66.2 Å². The maximum absolute atomic E-state index is 12.6. The molecule has 2 aromatic carbocycles. The number of hydrogen-bond acceptors (Lipinski definition) is 3. The molecule has 2 amide bonds. The average Bonchev–Trinajstić information content (AvgIpc) is 2.74. The Bertz CT molecular complexity index is 883. The second-order valence-corrected chi connectivity index (χ2v) is 8.09. The van der Waals surface area contributed by atoms with Crippen LogP contribution in [0.25, 0.3) is 5.57 Å². The van der Waals surface area contributed by atoms with E-state index in [9.17, 15) is 9.59 Å². The van der Waals surface area contributed by atoms with Gasteiger partial charge in [0.2, 0.25) is 0 Å². The first-order chi connectivity index (χ1) is 14.1. The van der Waals surface area contributed by atoms with E-state index in [1.165, 1.54) is 11.1 Å². The zero-order valence-electron chi connectivity index (χ0n) is 17.0. The lowest BCUT2D eigenvalue weighted by atomic mass is 9.99. The van der Waals surface area contributed by atoms with E-state index in [1.807, 2.05) is 60.7 Å². The number of carbonyl (C=O) groups excluding carboxylic acids is 2. The minimum absolute atomic E-state index is 0.0818. The van der Waals surface area contributed by atoms with E-state index in [2.05, 4.69) is 23.5 Å². The monoisotopic (exact) mass is 410 g/mol. The van der Waals surface area contributed by atoms with Crippen LogP contribution < -0.4 is 10.2 Å². The highest BCUT2D eigenvalue weighted by Gasteiger charge is 2.22. The third-order valence-electron chi connectivity index (χ3n) is 5.00. The molecule has 0 saturated heterocycles. The first kappa shape index (κ1) is 21.1. The quantitative estimate of drug-likeness (QED) is 0.688. The van der Waals surface area contributed by atoms with Crippen LogP contribution in [0.1, 0.15) is 12.0 Å². The van der Waals surface area contributed by atoms with E-state index in [0.717, 1.165) is 28.4 Å². The molecule has 2 aromatic rings. The van der Waals surface area contributed by atoms with Crippen LogP contribution in [0.3, 0.4) is 0 Å². The Labute approximate surface area is 176 Å². The minimum Gasteiger partial charge on any atom is -0.334 e. The van der Waals surface area contributed by atoms with Gasteiger partial charge in [0.1, 0.15) is 0 Å². The molecule has 1 atom stereocenters. The van der Waals surface area contributed by atoms with Crippen molar-refractivity contribution in [2.75, 3.05) is 44.8 Å². The van der Waals surface area contributed by atoms with Gasteiger partial charge in [-0.15, -0.1) is 11.8 Å². The van der Waals surface area contributed by atoms with Crippen molar-refractivity contribution >= 4 is 34.8 Å². The van der Waals surface area contributed by atoms with Crippen LogP contribution in [0.15, 0.2) is 65.6 Å². The van der Waals surface area contributed by atoms with Crippen LogP contribution in [0.4, 0.5) is 5.69 Å². The van der Waals surface area contributed by atoms with Crippen molar-refractivity contribution < 1.29 is 14.5 Å². The second kappa shape index (κ2) is 10.3. The van der Waals surface area contributed by atoms with Crippen molar-refractivity contribution in [2.45, 2.75) is 11.3 Å². The maximum atomic E-state index is 12.6. The Morgan fingerprint density at radius 1 is 1.07 bits per heavy atom. The van der Waals surface area contributed by atoms with Gasteiger partial charge in [-0.05, 0) is 35.9 Å². The van der Waals surface area contributed by atoms with Crippen LogP contribution >= 0.6 is 11.8 Å². The fourth-order valence-electron chi connectivity index (χ4n) is 3.46. The van der Waals surface area contributed by atoms with Gasteiger partial charge >= 0.3 is 0 Å². The summed E-state index contributed by atoms with van der Waals surface area (Å²) in [4.78, 5) is 28.8. The molecular weight excluding hydrogens is 382 g/mol. The van der Waals surface area contributed by atoms with Crippen molar-refractivity contribution in [3.8, 4) is 0 Å². The number of nitrogens with zero attached hydrogens (tertiary/aromatic N) is 1. The van der Waals surface area contributed by atoms with E-state index in [0.29, 0.717) is 13.1 Å². The largest absolute Gasteiger partial charge is 0.334 e. The number of likely N-dealkylation sites (N-methyl/N-ethyl adjacent to an activating group) is 1. The van der Waals surface area contributed by atoms with Crippen molar-refractivity contribution in [3.63, 3.8) is 0 Å². The van der Waals surface area contributed by atoms with Crippen LogP contribution in [0.2, 0.25) is 0 Å². The molecule has 29 heavy (non-hydrogen) atoms. The molecule has 6 heteroatoms. The molecule has 1 heterocycles. The number of hydrogen-bond donors (Lipinski definition) is 2. The third kappa shape index (κ3) is 5.95. The number of quaternary nitrogens is 1. The highest BCUT2D eigenvalue weighted by Crippen LogP contribution is 2.24. The number of nitrogens with one attached hydrogen (secondary N) is 2. The molecule has 5 nitrogen and oxygen atoms in total. The molecule has 0 aliphatic carbocycles. The lowest BCUT2D eigenvalue weighted by Crippen LogP contribution is -3.11. The number of benzene rings is 2. The number of thioether (sulfide) groups is 1. The fraction of sp³-hybridized carbons (Fsp3) is 0.304. The zero-order chi connectivity index (χ0) is 20.6. The highest BCUT2D eigenvalue weighted by atomic mass is 32.2. The number of amides is 2. The average molecular weight is 411 g/mol. The summed E-state index contributed by atoms with van der Waals surface area (Å²) in [6, 6.07) is 18.0. The van der Waals surface area contributed by atoms with Crippen LogP contribution in [-0.2, 0) is 9.59 Å². The molecule has 0 bridgehead atoms. The van der Waals surface area contributed by atoms with Crippen LogP contribution in [0, 0.1) is 0 Å². The molecule has 0 spiro atoms. The first-order valence-corrected chi connectivity index (χ1v) is 11.1. The molecule has 2 N–H and O–H groups in total. The van der Waals surface area contributed by atoms with E-state index in [-0.39, 0.29) is 18.4 Å². The predicted octanol–water partition coefficient (Wildman–Crippen LogP) is 2.18. The molecule has 1 aliphatic heterocycles. The van der Waals surface area contributed by atoms with Gasteiger partial charge in [0.25, 0.3) is 11.8 Å². The van der Waals surface area contributed by atoms with Gasteiger partial charge in [-0.3, -0.25) is 9.59 Å². The summed E-state index contributed by atoms with van der Waals surface area (Å²) in [5.41, 5.74) is 3.34. The number of rotatable bonds is 7. The first-order valence-electron chi connectivity index (χ1n) is 9.83. The van der Waals surface area contributed by atoms with Crippen molar-refractivity contribution in [1.82, 2.24) is 4.90 Å². The van der Waals surface area contributed by atoms with Gasteiger partial charge in [-0.1, -0.05) is 48.5 Å². The predicted molar refractivity (Wildman–Crippen MR) is 119 cm³/mol. The highest BCUT2D eigenvalue weighted by molar-refractivity contribution is 7.98. The Kier molecular flexibility index (Phi) is 7.49. The fourth-order valence-corrected chi connectivity index (χ4v) is 4.01. The van der Waals surface area contributed by atoms with Gasteiger partial charge in [0, 0.05) is 18.0 Å². The summed E-state index contributed by atoms with van der Waals surface area (Å²) in [5, 5.41) is 2.95. The molecule has 3 rings (SSSR count). The van der Waals surface area contributed by atoms with Crippen LogP contribution in [0.5, 0.6) is 0 Å². The minimum atomic E-state index is -0.0818. The Morgan fingerprint density at radius 2 is 1.79 bits per heavy atom. The normalized spacial score (nSPS) is 14.8. The van der Waals surface area contributed by atoms with Gasteiger partial charge in [0.05, 0.1) is 12.7 Å². The summed E-state index contributed by atoms with van der Waals surface area (Å²) >= 11 is 1.60. The number of anilines is 1. The smallest absolute Gasteiger partial charge is 0.279 e. The van der Waals surface area contributed by atoms with Gasteiger partial charge < -0.3 is 15.1 Å². The number of carbonyl (C=O) groups is 2. The molecule has 152 valence electrons. The summed E-state index contributed by atoms with van der Waals surface area (Å²) in [5.74, 6) is 0.00452. The van der Waals surface area contributed by atoms with E-state index in [4.69, 9.17) is 0 Å². The molecular formula is C23H28N3O2S+. The topological polar surface area (TPSA) is 53.9 Å². The Hall–Kier alpha value is -2.57. The SMILES string of the molecule is CSc1ccccc1NC(=O)C[NH+](C)CC(=O)N1CC=C(c2ccccc2)CC1. The van der Waals surface area contributed by atoms with Gasteiger partial charge in [-0.25, -0.2) is 0 Å². The third-order valence-corrected chi connectivity index (χ3v) is 5.80. The Balaban J connectivity index is 1.48. The molecule has 0 radical (unpaired) electrons.